The van der Waals surface area contributed by atoms with Crippen molar-refractivity contribution in [3.8, 4) is 0 Å². The molecule has 0 saturated heterocycles. The zero-order chi connectivity index (χ0) is 12.7. The normalized spacial score (nSPS) is 11.8. The molecule has 1 aromatic rings. The highest BCUT2D eigenvalue weighted by molar-refractivity contribution is 5.26. The fourth-order valence-corrected chi connectivity index (χ4v) is 1.51. The molecule has 0 aliphatic heterocycles. The third kappa shape index (κ3) is 4.88. The van der Waals surface area contributed by atoms with Crippen LogP contribution in [-0.4, -0.2) is 12.1 Å². The molecule has 0 bridgehead atoms. The Kier molecular flexibility index (Phi) is 5.66. The smallest absolute Gasteiger partial charge is 0.0727 e. The average molecular weight is 235 g/mol. The summed E-state index contributed by atoms with van der Waals surface area (Å²) in [7, 11) is 0. The molecule has 1 aromatic carbocycles. The molecule has 0 heterocycles. The van der Waals surface area contributed by atoms with Crippen molar-refractivity contribution < 1.29 is 4.74 Å². The van der Waals surface area contributed by atoms with Gasteiger partial charge >= 0.3 is 0 Å². The van der Waals surface area contributed by atoms with Gasteiger partial charge in [-0.25, -0.2) is 0 Å². The highest BCUT2D eigenvalue weighted by Gasteiger charge is 2.15. The van der Waals surface area contributed by atoms with Crippen molar-refractivity contribution in [2.45, 2.75) is 52.9 Å². The molecule has 0 amide bonds. The van der Waals surface area contributed by atoms with Crippen molar-refractivity contribution in [1.29, 1.82) is 0 Å². The van der Waals surface area contributed by atoms with Crippen LogP contribution in [0.25, 0.3) is 0 Å². The van der Waals surface area contributed by atoms with E-state index in [2.05, 4.69) is 57.3 Å². The molecule has 0 aromatic heterocycles. The van der Waals surface area contributed by atoms with Gasteiger partial charge in [0.05, 0.1) is 12.2 Å². The largest absolute Gasteiger partial charge is 0.371 e. The van der Waals surface area contributed by atoms with E-state index >= 15 is 0 Å². The Morgan fingerprint density at radius 3 is 2.35 bits per heavy atom. The number of benzene rings is 1. The van der Waals surface area contributed by atoms with Crippen LogP contribution >= 0.6 is 0 Å². The van der Waals surface area contributed by atoms with E-state index in [0.717, 1.165) is 19.5 Å². The minimum Gasteiger partial charge on any atom is -0.371 e. The standard InChI is InChI=1S/C15H25NO/c1-5-15(3,4)17-12-14-10-8-7-9-13(14)11-16-6-2/h7-10,16H,5-6,11-12H2,1-4H3. The van der Waals surface area contributed by atoms with E-state index in [1.807, 2.05) is 0 Å². The van der Waals surface area contributed by atoms with Crippen LogP contribution in [0.3, 0.4) is 0 Å². The maximum absolute atomic E-state index is 5.96. The van der Waals surface area contributed by atoms with Gasteiger partial charge < -0.3 is 10.1 Å². The van der Waals surface area contributed by atoms with Crippen molar-refractivity contribution in [1.82, 2.24) is 5.32 Å². The molecule has 17 heavy (non-hydrogen) atoms. The van der Waals surface area contributed by atoms with Crippen LogP contribution < -0.4 is 5.32 Å². The minimum absolute atomic E-state index is 0.0364. The zero-order valence-corrected chi connectivity index (χ0v) is 11.5. The van der Waals surface area contributed by atoms with Gasteiger partial charge in [0, 0.05) is 6.54 Å². The maximum atomic E-state index is 5.96. The van der Waals surface area contributed by atoms with E-state index < -0.39 is 0 Å². The van der Waals surface area contributed by atoms with Crippen LogP contribution in [0, 0.1) is 0 Å². The number of ether oxygens (including phenoxy) is 1. The molecule has 1 N–H and O–H groups in total. The van der Waals surface area contributed by atoms with Gasteiger partial charge in [-0.2, -0.15) is 0 Å². The van der Waals surface area contributed by atoms with Crippen LogP contribution in [0.5, 0.6) is 0 Å². The topological polar surface area (TPSA) is 21.3 Å². The van der Waals surface area contributed by atoms with E-state index in [-0.39, 0.29) is 5.60 Å². The van der Waals surface area contributed by atoms with E-state index in [4.69, 9.17) is 4.74 Å². The summed E-state index contributed by atoms with van der Waals surface area (Å²) in [5.74, 6) is 0. The van der Waals surface area contributed by atoms with Gasteiger partial charge in [-0.05, 0) is 37.9 Å². The van der Waals surface area contributed by atoms with Crippen LogP contribution in [-0.2, 0) is 17.9 Å². The van der Waals surface area contributed by atoms with Gasteiger partial charge in [-0.3, -0.25) is 0 Å². The lowest BCUT2D eigenvalue weighted by Crippen LogP contribution is -2.23. The van der Waals surface area contributed by atoms with Crippen LogP contribution in [0.2, 0.25) is 0 Å². The van der Waals surface area contributed by atoms with E-state index in [9.17, 15) is 0 Å². The summed E-state index contributed by atoms with van der Waals surface area (Å²) in [4.78, 5) is 0. The summed E-state index contributed by atoms with van der Waals surface area (Å²) >= 11 is 0. The van der Waals surface area contributed by atoms with Gasteiger partial charge in [0.1, 0.15) is 0 Å². The lowest BCUT2D eigenvalue weighted by atomic mass is 10.1. The Morgan fingerprint density at radius 2 is 1.76 bits per heavy atom. The summed E-state index contributed by atoms with van der Waals surface area (Å²) in [5, 5.41) is 3.36. The molecule has 1 rings (SSSR count). The van der Waals surface area contributed by atoms with Gasteiger partial charge in [0.2, 0.25) is 0 Å². The maximum Gasteiger partial charge on any atom is 0.0727 e. The first-order chi connectivity index (χ1) is 8.09. The van der Waals surface area contributed by atoms with Crippen LogP contribution in [0.4, 0.5) is 0 Å². The van der Waals surface area contributed by atoms with Crippen molar-refractivity contribution >= 4 is 0 Å². The lowest BCUT2D eigenvalue weighted by Gasteiger charge is -2.24. The van der Waals surface area contributed by atoms with Gasteiger partial charge in [-0.1, -0.05) is 38.1 Å². The molecule has 2 heteroatoms. The summed E-state index contributed by atoms with van der Waals surface area (Å²) < 4.78 is 5.96. The first-order valence-corrected chi connectivity index (χ1v) is 6.50. The molecule has 0 atom stereocenters. The fourth-order valence-electron chi connectivity index (χ4n) is 1.51. The molecule has 2 nitrogen and oxygen atoms in total. The molecule has 0 radical (unpaired) electrons. The van der Waals surface area contributed by atoms with Gasteiger partial charge in [0.25, 0.3) is 0 Å². The molecule has 0 aliphatic rings. The molecule has 0 saturated carbocycles. The van der Waals surface area contributed by atoms with E-state index in [1.165, 1.54) is 11.1 Å². The zero-order valence-electron chi connectivity index (χ0n) is 11.5. The van der Waals surface area contributed by atoms with Gasteiger partial charge in [0.15, 0.2) is 0 Å². The number of hydrogen-bond acceptors (Lipinski definition) is 2. The molecule has 0 aliphatic carbocycles. The SMILES string of the molecule is CCNCc1ccccc1COC(C)(C)CC. The quantitative estimate of drug-likeness (QED) is 0.781. The van der Waals surface area contributed by atoms with Crippen LogP contribution in [0.1, 0.15) is 45.2 Å². The third-order valence-corrected chi connectivity index (χ3v) is 3.15. The monoisotopic (exact) mass is 235 g/mol. The number of rotatable bonds is 7. The van der Waals surface area contributed by atoms with Crippen molar-refractivity contribution in [3.63, 3.8) is 0 Å². The highest BCUT2D eigenvalue weighted by Crippen LogP contribution is 2.18. The lowest BCUT2D eigenvalue weighted by molar-refractivity contribution is -0.0319. The first kappa shape index (κ1) is 14.2. The second-order valence-corrected chi connectivity index (χ2v) is 4.95. The fraction of sp³-hybridized carbons (Fsp3) is 0.600. The molecule has 0 unspecified atom stereocenters. The Bertz CT molecular complexity index is 333. The Morgan fingerprint density at radius 1 is 1.12 bits per heavy atom. The predicted octanol–water partition coefficient (Wildman–Crippen LogP) is 3.50. The minimum atomic E-state index is -0.0364. The number of nitrogens with one attached hydrogen (secondary N) is 1. The second-order valence-electron chi connectivity index (χ2n) is 4.95. The molecule has 0 spiro atoms. The van der Waals surface area contributed by atoms with Crippen LogP contribution in [0.15, 0.2) is 24.3 Å². The molecular formula is C15H25NO. The molecule has 96 valence electrons. The molecular weight excluding hydrogens is 210 g/mol. The average Bonchev–Trinajstić information content (AvgIpc) is 2.35. The van der Waals surface area contributed by atoms with E-state index in [0.29, 0.717) is 6.61 Å². The summed E-state index contributed by atoms with van der Waals surface area (Å²) in [6.45, 7) is 11.2. The van der Waals surface area contributed by atoms with Crippen molar-refractivity contribution in [3.05, 3.63) is 35.4 Å². The summed E-state index contributed by atoms with van der Waals surface area (Å²) in [6.07, 6.45) is 1.03. The van der Waals surface area contributed by atoms with Crippen molar-refractivity contribution in [2.75, 3.05) is 6.54 Å². The van der Waals surface area contributed by atoms with E-state index in [1.54, 1.807) is 0 Å². The van der Waals surface area contributed by atoms with Gasteiger partial charge in [-0.15, -0.1) is 0 Å². The predicted molar refractivity (Wildman–Crippen MR) is 73.0 cm³/mol. The summed E-state index contributed by atoms with van der Waals surface area (Å²) in [6, 6.07) is 8.48. The first-order valence-electron chi connectivity index (χ1n) is 6.50. The Hall–Kier alpha value is -0.860. The highest BCUT2D eigenvalue weighted by atomic mass is 16.5. The molecule has 0 fully saturated rings. The summed E-state index contributed by atoms with van der Waals surface area (Å²) in [5.41, 5.74) is 2.59. The Balaban J connectivity index is 2.63. The number of hydrogen-bond donors (Lipinski definition) is 1. The third-order valence-electron chi connectivity index (χ3n) is 3.15. The second kappa shape index (κ2) is 6.77. The van der Waals surface area contributed by atoms with Crippen molar-refractivity contribution in [2.24, 2.45) is 0 Å². The Labute approximate surface area is 105 Å².